The Morgan fingerprint density at radius 3 is 2.90 bits per heavy atom. The van der Waals surface area contributed by atoms with Crippen LogP contribution in [0.25, 0.3) is 0 Å². The summed E-state index contributed by atoms with van der Waals surface area (Å²) >= 11 is 1.19. The molecule has 2 N–H and O–H groups in total. The van der Waals surface area contributed by atoms with Crippen molar-refractivity contribution in [1.82, 2.24) is 15.5 Å². The number of halogens is 2. The van der Waals surface area contributed by atoms with E-state index >= 15 is 0 Å². The van der Waals surface area contributed by atoms with Crippen LogP contribution < -0.4 is 15.4 Å². The first kappa shape index (κ1) is 14.1. The van der Waals surface area contributed by atoms with Crippen LogP contribution in [0.1, 0.15) is 0 Å². The molecule has 2 aromatic rings. The molecule has 20 heavy (non-hydrogen) atoms. The number of rotatable bonds is 5. The van der Waals surface area contributed by atoms with Crippen molar-refractivity contribution >= 4 is 22.5 Å². The summed E-state index contributed by atoms with van der Waals surface area (Å²) < 4.78 is 30.7. The number of carbonyl (C=O) groups is 1. The minimum atomic E-state index is -0.982. The monoisotopic (exact) mass is 300 g/mol. The lowest BCUT2D eigenvalue weighted by Gasteiger charge is -2.08. The molecule has 106 valence electrons. The lowest BCUT2D eigenvalue weighted by Crippen LogP contribution is -2.32. The number of amides is 2. The molecule has 0 atom stereocenters. The van der Waals surface area contributed by atoms with E-state index in [9.17, 15) is 13.6 Å². The summed E-state index contributed by atoms with van der Waals surface area (Å²) in [6.07, 6.45) is 0. The Morgan fingerprint density at radius 2 is 2.20 bits per heavy atom. The third-order valence-electron chi connectivity index (χ3n) is 2.13. The largest absolute Gasteiger partial charge is 0.492 e. The number of urea groups is 1. The van der Waals surface area contributed by atoms with Crippen LogP contribution in [0.2, 0.25) is 0 Å². The number of benzene rings is 1. The SMILES string of the molecule is O=C(NCCOc1ccc(F)c(F)c1)Nc1nncs1. The number of nitrogens with one attached hydrogen (secondary N) is 2. The van der Waals surface area contributed by atoms with Crippen LogP contribution in [0, 0.1) is 11.6 Å². The molecule has 2 amide bonds. The standard InChI is InChI=1S/C11H10F2N4O2S/c12-8-2-1-7(5-9(8)13)19-4-3-14-10(18)16-11-17-15-6-20-11/h1-2,5-6H,3-4H2,(H2,14,16,17,18). The van der Waals surface area contributed by atoms with Gasteiger partial charge in [0.2, 0.25) is 5.13 Å². The normalized spacial score (nSPS) is 10.1. The van der Waals surface area contributed by atoms with E-state index in [0.717, 1.165) is 12.1 Å². The fourth-order valence-corrected chi connectivity index (χ4v) is 1.71. The van der Waals surface area contributed by atoms with Crippen molar-refractivity contribution in [2.75, 3.05) is 18.5 Å². The van der Waals surface area contributed by atoms with Gasteiger partial charge in [-0.3, -0.25) is 5.32 Å². The second-order valence-electron chi connectivity index (χ2n) is 3.55. The number of nitrogens with zero attached hydrogens (tertiary/aromatic N) is 2. The molecule has 0 fully saturated rings. The number of carbonyl (C=O) groups excluding carboxylic acids is 1. The van der Waals surface area contributed by atoms with Crippen molar-refractivity contribution in [3.05, 3.63) is 35.3 Å². The number of hydrogen-bond donors (Lipinski definition) is 2. The zero-order chi connectivity index (χ0) is 14.4. The average molecular weight is 300 g/mol. The lowest BCUT2D eigenvalue weighted by molar-refractivity contribution is 0.247. The smallest absolute Gasteiger partial charge is 0.321 e. The van der Waals surface area contributed by atoms with Crippen LogP contribution in [0.3, 0.4) is 0 Å². The Morgan fingerprint density at radius 1 is 1.35 bits per heavy atom. The highest BCUT2D eigenvalue weighted by Crippen LogP contribution is 2.15. The quantitative estimate of drug-likeness (QED) is 0.828. The summed E-state index contributed by atoms with van der Waals surface area (Å²) in [6.45, 7) is 0.318. The molecule has 9 heteroatoms. The molecule has 6 nitrogen and oxygen atoms in total. The molecule has 1 aromatic carbocycles. The van der Waals surface area contributed by atoms with Crippen molar-refractivity contribution in [2.24, 2.45) is 0 Å². The predicted molar refractivity (Wildman–Crippen MR) is 68.8 cm³/mol. The maximum atomic E-state index is 12.9. The van der Waals surface area contributed by atoms with E-state index in [1.165, 1.54) is 22.9 Å². The molecule has 0 bridgehead atoms. The van der Waals surface area contributed by atoms with Gasteiger partial charge in [-0.15, -0.1) is 10.2 Å². The van der Waals surface area contributed by atoms with Gasteiger partial charge in [-0.2, -0.15) is 0 Å². The van der Waals surface area contributed by atoms with E-state index in [0.29, 0.717) is 5.13 Å². The second-order valence-corrected chi connectivity index (χ2v) is 4.38. The number of hydrogen-bond acceptors (Lipinski definition) is 5. The van der Waals surface area contributed by atoms with E-state index in [1.54, 1.807) is 0 Å². The van der Waals surface area contributed by atoms with Crippen molar-refractivity contribution in [1.29, 1.82) is 0 Å². The van der Waals surface area contributed by atoms with Crippen molar-refractivity contribution in [2.45, 2.75) is 0 Å². The summed E-state index contributed by atoms with van der Waals surface area (Å²) in [7, 11) is 0. The zero-order valence-corrected chi connectivity index (χ0v) is 10.9. The average Bonchev–Trinajstić information content (AvgIpc) is 2.91. The van der Waals surface area contributed by atoms with Gasteiger partial charge in [0.25, 0.3) is 0 Å². The number of anilines is 1. The van der Waals surface area contributed by atoms with Crippen molar-refractivity contribution in [3.63, 3.8) is 0 Å². The lowest BCUT2D eigenvalue weighted by atomic mass is 10.3. The molecule has 0 aliphatic rings. The Labute approximate surface area is 116 Å². The van der Waals surface area contributed by atoms with Crippen molar-refractivity contribution in [3.8, 4) is 5.75 Å². The summed E-state index contributed by atoms with van der Waals surface area (Å²) in [5.41, 5.74) is 1.49. The summed E-state index contributed by atoms with van der Waals surface area (Å²) in [5, 5.41) is 12.6. The van der Waals surface area contributed by atoms with Crippen LogP contribution in [0.4, 0.5) is 18.7 Å². The van der Waals surface area contributed by atoms with E-state index < -0.39 is 17.7 Å². The van der Waals surface area contributed by atoms with Crippen LogP contribution in [-0.4, -0.2) is 29.4 Å². The molecule has 0 aliphatic heterocycles. The van der Waals surface area contributed by atoms with Gasteiger partial charge in [-0.1, -0.05) is 11.3 Å². The van der Waals surface area contributed by atoms with Gasteiger partial charge in [-0.25, -0.2) is 13.6 Å². The Bertz CT molecular complexity index is 580. The van der Waals surface area contributed by atoms with Gasteiger partial charge in [-0.05, 0) is 12.1 Å². The number of ether oxygens (including phenoxy) is 1. The first-order chi connectivity index (χ1) is 9.65. The van der Waals surface area contributed by atoms with E-state index in [2.05, 4.69) is 20.8 Å². The minimum Gasteiger partial charge on any atom is -0.492 e. The third-order valence-corrected chi connectivity index (χ3v) is 2.73. The topological polar surface area (TPSA) is 76.1 Å². The first-order valence-corrected chi connectivity index (χ1v) is 6.42. The molecule has 1 aromatic heterocycles. The van der Waals surface area contributed by atoms with Gasteiger partial charge in [0.15, 0.2) is 11.6 Å². The Hall–Kier alpha value is -2.29. The van der Waals surface area contributed by atoms with E-state index in [4.69, 9.17) is 4.74 Å². The Balaban J connectivity index is 1.68. The molecular weight excluding hydrogens is 290 g/mol. The molecule has 2 rings (SSSR count). The highest BCUT2D eigenvalue weighted by Gasteiger charge is 2.05. The van der Waals surface area contributed by atoms with Gasteiger partial charge in [0.05, 0.1) is 6.54 Å². The molecule has 0 radical (unpaired) electrons. The molecule has 0 saturated carbocycles. The second kappa shape index (κ2) is 6.75. The van der Waals surface area contributed by atoms with E-state index in [-0.39, 0.29) is 18.9 Å². The Kier molecular flexibility index (Phi) is 4.77. The van der Waals surface area contributed by atoms with Crippen LogP contribution >= 0.6 is 11.3 Å². The molecule has 0 spiro atoms. The molecule has 0 unspecified atom stereocenters. The maximum absolute atomic E-state index is 12.9. The predicted octanol–water partition coefficient (Wildman–Crippen LogP) is 2.02. The van der Waals surface area contributed by atoms with Crippen molar-refractivity contribution < 1.29 is 18.3 Å². The zero-order valence-electron chi connectivity index (χ0n) is 10.1. The molecule has 1 heterocycles. The molecular formula is C11H10F2N4O2S. The fourth-order valence-electron chi connectivity index (χ4n) is 1.27. The first-order valence-electron chi connectivity index (χ1n) is 5.54. The summed E-state index contributed by atoms with van der Waals surface area (Å²) in [6, 6.07) is 2.77. The van der Waals surface area contributed by atoms with Crippen LogP contribution in [0.15, 0.2) is 23.7 Å². The third kappa shape index (κ3) is 4.12. The van der Waals surface area contributed by atoms with Gasteiger partial charge in [0, 0.05) is 6.07 Å². The van der Waals surface area contributed by atoms with Gasteiger partial charge in [0.1, 0.15) is 17.9 Å². The van der Waals surface area contributed by atoms with Gasteiger partial charge >= 0.3 is 6.03 Å². The number of aromatic nitrogens is 2. The van der Waals surface area contributed by atoms with E-state index in [1.807, 2.05) is 0 Å². The highest BCUT2D eigenvalue weighted by atomic mass is 32.1. The maximum Gasteiger partial charge on any atom is 0.321 e. The van der Waals surface area contributed by atoms with Gasteiger partial charge < -0.3 is 10.1 Å². The summed E-state index contributed by atoms with van der Waals surface area (Å²) in [5.74, 6) is -1.73. The summed E-state index contributed by atoms with van der Waals surface area (Å²) in [4.78, 5) is 11.4. The minimum absolute atomic E-state index is 0.120. The van der Waals surface area contributed by atoms with Crippen LogP contribution in [-0.2, 0) is 0 Å². The highest BCUT2D eigenvalue weighted by molar-refractivity contribution is 7.13. The van der Waals surface area contributed by atoms with Crippen LogP contribution in [0.5, 0.6) is 5.75 Å². The molecule has 0 saturated heterocycles. The fraction of sp³-hybridized carbons (Fsp3) is 0.182. The molecule has 0 aliphatic carbocycles.